The molecule has 0 radical (unpaired) electrons. The summed E-state index contributed by atoms with van der Waals surface area (Å²) in [6, 6.07) is 13.6. The second-order valence-corrected chi connectivity index (χ2v) is 8.70. The van der Waals surface area contributed by atoms with E-state index < -0.39 is 0 Å². The van der Waals surface area contributed by atoms with Crippen molar-refractivity contribution < 1.29 is 9.59 Å². The van der Waals surface area contributed by atoms with E-state index in [0.717, 1.165) is 20.9 Å². The molecule has 0 fully saturated rings. The largest absolute Gasteiger partial charge is 0.354 e. The van der Waals surface area contributed by atoms with Gasteiger partial charge in [-0.05, 0) is 33.6 Å². The van der Waals surface area contributed by atoms with E-state index in [1.807, 2.05) is 36.4 Å². The standard InChI is InChI=1S/C17H19BrN2O2S2/c18-15-7-6-14(24-15)12-23-9-8-19-17(22)11-20-16(21)10-13-4-2-1-3-5-13/h1-7H,8-12H2,(H,19,22)(H,20,21). The van der Waals surface area contributed by atoms with E-state index in [4.69, 9.17) is 0 Å². The van der Waals surface area contributed by atoms with E-state index in [9.17, 15) is 9.59 Å². The van der Waals surface area contributed by atoms with Crippen LogP contribution in [0.1, 0.15) is 10.4 Å². The van der Waals surface area contributed by atoms with Crippen molar-refractivity contribution in [3.05, 3.63) is 56.7 Å². The van der Waals surface area contributed by atoms with Gasteiger partial charge < -0.3 is 10.6 Å². The van der Waals surface area contributed by atoms with Crippen molar-refractivity contribution in [2.45, 2.75) is 12.2 Å². The Morgan fingerprint density at radius 3 is 2.54 bits per heavy atom. The summed E-state index contributed by atoms with van der Waals surface area (Å²) in [5.74, 6) is 1.49. The molecule has 0 aliphatic carbocycles. The van der Waals surface area contributed by atoms with Gasteiger partial charge >= 0.3 is 0 Å². The number of thiophene rings is 1. The molecule has 1 heterocycles. The van der Waals surface area contributed by atoms with Crippen LogP contribution in [-0.4, -0.2) is 30.7 Å². The summed E-state index contributed by atoms with van der Waals surface area (Å²) >= 11 is 6.94. The van der Waals surface area contributed by atoms with Gasteiger partial charge in [0.1, 0.15) is 0 Å². The third-order valence-electron chi connectivity index (χ3n) is 3.10. The second kappa shape index (κ2) is 10.5. The fourth-order valence-electron chi connectivity index (χ4n) is 1.95. The van der Waals surface area contributed by atoms with Gasteiger partial charge in [0.25, 0.3) is 0 Å². The smallest absolute Gasteiger partial charge is 0.239 e. The summed E-state index contributed by atoms with van der Waals surface area (Å²) < 4.78 is 1.14. The first-order valence-electron chi connectivity index (χ1n) is 7.53. The first-order valence-corrected chi connectivity index (χ1v) is 10.3. The van der Waals surface area contributed by atoms with Gasteiger partial charge in [-0.2, -0.15) is 11.8 Å². The highest BCUT2D eigenvalue weighted by atomic mass is 79.9. The number of carbonyl (C=O) groups excluding carboxylic acids is 2. The van der Waals surface area contributed by atoms with Crippen LogP contribution in [0.25, 0.3) is 0 Å². The van der Waals surface area contributed by atoms with Crippen molar-refractivity contribution in [3.8, 4) is 0 Å². The first kappa shape index (κ1) is 19.0. The SMILES string of the molecule is O=C(CNC(=O)Cc1ccccc1)NCCSCc1ccc(Br)s1. The van der Waals surface area contributed by atoms with Crippen molar-refractivity contribution >= 4 is 50.8 Å². The number of hydrogen-bond acceptors (Lipinski definition) is 4. The van der Waals surface area contributed by atoms with Crippen molar-refractivity contribution in [2.75, 3.05) is 18.8 Å². The number of rotatable bonds is 9. The Morgan fingerprint density at radius 2 is 1.83 bits per heavy atom. The minimum Gasteiger partial charge on any atom is -0.354 e. The molecular formula is C17H19BrN2O2S2. The number of benzene rings is 1. The first-order chi connectivity index (χ1) is 11.6. The van der Waals surface area contributed by atoms with Crippen LogP contribution in [0.15, 0.2) is 46.3 Å². The molecule has 0 saturated carbocycles. The molecule has 128 valence electrons. The van der Waals surface area contributed by atoms with Crippen molar-refractivity contribution in [1.82, 2.24) is 10.6 Å². The molecule has 2 aromatic rings. The fraction of sp³-hybridized carbons (Fsp3) is 0.294. The lowest BCUT2D eigenvalue weighted by Crippen LogP contribution is -2.38. The Kier molecular flexibility index (Phi) is 8.35. The lowest BCUT2D eigenvalue weighted by molar-refractivity contribution is -0.125. The van der Waals surface area contributed by atoms with E-state index >= 15 is 0 Å². The summed E-state index contributed by atoms with van der Waals surface area (Å²) in [6.45, 7) is 0.624. The van der Waals surface area contributed by atoms with Crippen LogP contribution in [-0.2, 0) is 21.8 Å². The molecule has 2 amide bonds. The Labute approximate surface area is 158 Å². The molecule has 0 saturated heterocycles. The number of halogens is 1. The third-order valence-corrected chi connectivity index (χ3v) is 5.91. The number of carbonyl (C=O) groups is 2. The van der Waals surface area contributed by atoms with E-state index in [-0.39, 0.29) is 18.4 Å². The van der Waals surface area contributed by atoms with Crippen LogP contribution >= 0.6 is 39.0 Å². The van der Waals surface area contributed by atoms with Gasteiger partial charge in [0.2, 0.25) is 11.8 Å². The molecule has 0 bridgehead atoms. The quantitative estimate of drug-likeness (QED) is 0.605. The fourth-order valence-corrected chi connectivity index (χ4v) is 4.40. The van der Waals surface area contributed by atoms with Gasteiger partial charge in [0.15, 0.2) is 0 Å². The Hall–Kier alpha value is -1.31. The molecule has 0 spiro atoms. The monoisotopic (exact) mass is 426 g/mol. The number of hydrogen-bond donors (Lipinski definition) is 2. The molecule has 2 rings (SSSR count). The highest BCUT2D eigenvalue weighted by Gasteiger charge is 2.06. The molecular weight excluding hydrogens is 408 g/mol. The third kappa shape index (κ3) is 7.51. The number of amides is 2. The highest BCUT2D eigenvalue weighted by Crippen LogP contribution is 2.25. The number of thioether (sulfide) groups is 1. The van der Waals surface area contributed by atoms with Gasteiger partial charge in [0, 0.05) is 22.9 Å². The highest BCUT2D eigenvalue weighted by molar-refractivity contribution is 9.11. The van der Waals surface area contributed by atoms with Crippen LogP contribution < -0.4 is 10.6 Å². The van der Waals surface area contributed by atoms with E-state index in [2.05, 4.69) is 32.6 Å². The average Bonchev–Trinajstić information content (AvgIpc) is 2.99. The molecule has 0 aliphatic heterocycles. The molecule has 1 aromatic heterocycles. The van der Waals surface area contributed by atoms with Crippen molar-refractivity contribution in [3.63, 3.8) is 0 Å². The van der Waals surface area contributed by atoms with Crippen LogP contribution in [0.3, 0.4) is 0 Å². The van der Waals surface area contributed by atoms with Crippen molar-refractivity contribution in [1.29, 1.82) is 0 Å². The molecule has 0 unspecified atom stereocenters. The van der Waals surface area contributed by atoms with E-state index in [0.29, 0.717) is 13.0 Å². The normalized spacial score (nSPS) is 10.4. The summed E-state index contributed by atoms with van der Waals surface area (Å²) in [4.78, 5) is 24.8. The van der Waals surface area contributed by atoms with Gasteiger partial charge in [-0.3, -0.25) is 9.59 Å². The minimum absolute atomic E-state index is 0.0220. The zero-order chi connectivity index (χ0) is 17.2. The van der Waals surface area contributed by atoms with Gasteiger partial charge in [-0.15, -0.1) is 11.3 Å². The maximum atomic E-state index is 11.8. The molecule has 0 aliphatic rings. The molecule has 0 atom stereocenters. The summed E-state index contributed by atoms with van der Waals surface area (Å²) in [5, 5.41) is 5.45. The zero-order valence-electron chi connectivity index (χ0n) is 13.1. The maximum Gasteiger partial charge on any atom is 0.239 e. The van der Waals surface area contributed by atoms with E-state index in [1.165, 1.54) is 4.88 Å². The van der Waals surface area contributed by atoms with Gasteiger partial charge in [-0.25, -0.2) is 0 Å². The van der Waals surface area contributed by atoms with Crippen molar-refractivity contribution in [2.24, 2.45) is 0 Å². The van der Waals surface area contributed by atoms with Crippen LogP contribution in [0.2, 0.25) is 0 Å². The van der Waals surface area contributed by atoms with Crippen LogP contribution in [0, 0.1) is 0 Å². The predicted octanol–water partition coefficient (Wildman–Crippen LogP) is 3.22. The Bertz CT molecular complexity index is 662. The molecule has 2 N–H and O–H groups in total. The lowest BCUT2D eigenvalue weighted by Gasteiger charge is -2.07. The predicted molar refractivity (Wildman–Crippen MR) is 104 cm³/mol. The summed E-state index contributed by atoms with van der Waals surface area (Å²) in [7, 11) is 0. The molecule has 4 nitrogen and oxygen atoms in total. The lowest BCUT2D eigenvalue weighted by atomic mass is 10.1. The Balaban J connectivity index is 1.52. The topological polar surface area (TPSA) is 58.2 Å². The maximum absolute atomic E-state index is 11.8. The molecule has 24 heavy (non-hydrogen) atoms. The molecule has 1 aromatic carbocycles. The average molecular weight is 427 g/mol. The molecule has 7 heteroatoms. The zero-order valence-corrected chi connectivity index (χ0v) is 16.3. The summed E-state index contributed by atoms with van der Waals surface area (Å²) in [5.41, 5.74) is 0.937. The van der Waals surface area contributed by atoms with E-state index in [1.54, 1.807) is 23.1 Å². The van der Waals surface area contributed by atoms with Crippen LogP contribution in [0.4, 0.5) is 0 Å². The second-order valence-electron chi connectivity index (χ2n) is 5.05. The Morgan fingerprint density at radius 1 is 1.04 bits per heavy atom. The van der Waals surface area contributed by atoms with Gasteiger partial charge in [0.05, 0.1) is 16.8 Å². The van der Waals surface area contributed by atoms with Gasteiger partial charge in [-0.1, -0.05) is 30.3 Å². The number of nitrogens with one attached hydrogen (secondary N) is 2. The summed E-state index contributed by atoms with van der Waals surface area (Å²) in [6.07, 6.45) is 0.292. The van der Waals surface area contributed by atoms with Crippen LogP contribution in [0.5, 0.6) is 0 Å². The minimum atomic E-state index is -0.157.